The van der Waals surface area contributed by atoms with Crippen LogP contribution in [-0.2, 0) is 4.79 Å². The van der Waals surface area contributed by atoms with Gasteiger partial charge in [-0.3, -0.25) is 0 Å². The summed E-state index contributed by atoms with van der Waals surface area (Å²) in [6, 6.07) is 0. The van der Waals surface area contributed by atoms with Gasteiger partial charge in [-0.2, -0.15) is 0 Å². The van der Waals surface area contributed by atoms with Gasteiger partial charge in [0, 0.05) is 6.08 Å². The summed E-state index contributed by atoms with van der Waals surface area (Å²) in [4.78, 5) is 9.25. The first-order valence-corrected chi connectivity index (χ1v) is 1.12. The van der Waals surface area contributed by atoms with E-state index in [1.165, 1.54) is 0 Å². The van der Waals surface area contributed by atoms with Crippen LogP contribution in [0.2, 0.25) is 0 Å². The minimum absolute atomic E-state index is 0. The monoisotopic (exact) mass is 115 g/mol. The Morgan fingerprint density at radius 2 is 1.86 bits per heavy atom. The Labute approximate surface area is 58.1 Å². The maximum Gasteiger partial charge on any atom is 0.327 e. The molecule has 3 nitrogen and oxygen atoms in total. The minimum Gasteiger partial charge on any atom is -0.478 e. The second-order valence-corrected chi connectivity index (χ2v) is 0.542. The molecular weight excluding hydrogens is 106 g/mol. The molecule has 0 spiro atoms. The third-order valence-electron chi connectivity index (χ3n) is 0.175. The number of carboxylic acid groups (broad SMARTS) is 1. The average molecular weight is 115 g/mol. The van der Waals surface area contributed by atoms with Crippen molar-refractivity contribution in [2.75, 3.05) is 0 Å². The van der Waals surface area contributed by atoms with Gasteiger partial charge in [-0.15, -0.1) is 0 Å². The van der Waals surface area contributed by atoms with Gasteiger partial charge < -0.3 is 11.3 Å². The molecule has 0 bridgehead atoms. The molecule has 0 aliphatic rings. The Morgan fingerprint density at radius 1 is 1.71 bits per heavy atom. The summed E-state index contributed by atoms with van der Waals surface area (Å²) in [5, 5.41) is 7.60. The molecule has 0 aliphatic carbocycles. The van der Waals surface area contributed by atoms with Crippen LogP contribution >= 0.6 is 0 Å². The zero-order valence-electron chi connectivity index (χ0n) is 3.35. The summed E-state index contributed by atoms with van der Waals surface area (Å²) in [7, 11) is 0. The lowest BCUT2D eigenvalue weighted by molar-refractivity contribution is -0.131. The van der Waals surface area contributed by atoms with Gasteiger partial charge in [-0.25, -0.2) is 4.79 Å². The molecule has 0 radical (unpaired) electrons. The molecule has 0 heterocycles. The van der Waals surface area contributed by atoms with Gasteiger partial charge in [0.2, 0.25) is 0 Å². The molecule has 0 unspecified atom stereocenters. The molecule has 0 aliphatic heterocycles. The van der Waals surface area contributed by atoms with Crippen LogP contribution in [0.25, 0.3) is 0 Å². The maximum absolute atomic E-state index is 9.25. The Bertz CT molecular complexity index is 64.0. The van der Waals surface area contributed by atoms with Gasteiger partial charge in [0.15, 0.2) is 0 Å². The molecule has 7 heavy (non-hydrogen) atoms. The molecule has 0 atom stereocenters. The smallest absolute Gasteiger partial charge is 0.327 e. The van der Waals surface area contributed by atoms with Crippen LogP contribution in [0, 0.1) is 0 Å². The molecule has 0 aromatic carbocycles. The van der Waals surface area contributed by atoms with Crippen molar-refractivity contribution in [3.05, 3.63) is 12.7 Å². The maximum atomic E-state index is 9.25. The van der Waals surface area contributed by atoms with E-state index in [2.05, 4.69) is 6.58 Å². The zero-order valence-corrected chi connectivity index (χ0v) is 3.35. The van der Waals surface area contributed by atoms with Crippen LogP contribution in [0.3, 0.4) is 0 Å². The standard InChI is InChI=1S/C3H4O2.Mg.H3N.2H/c1-2-3(4)5;;;;/h2H,1H2,(H,4,5);;1H3;;. The summed E-state index contributed by atoms with van der Waals surface area (Å²) in [5.41, 5.74) is 0. The highest BCUT2D eigenvalue weighted by Crippen LogP contribution is 1.54. The Morgan fingerprint density at radius 3 is 1.86 bits per heavy atom. The van der Waals surface area contributed by atoms with Crippen molar-refractivity contribution in [1.29, 1.82) is 0 Å². The van der Waals surface area contributed by atoms with Crippen LogP contribution in [0.5, 0.6) is 0 Å². The van der Waals surface area contributed by atoms with Crippen molar-refractivity contribution in [3.8, 4) is 0 Å². The fourth-order valence-corrected chi connectivity index (χ4v) is 0. The molecule has 0 rings (SSSR count). The Kier molecular flexibility index (Phi) is 21.0. The third kappa shape index (κ3) is 24.5. The number of rotatable bonds is 1. The van der Waals surface area contributed by atoms with Gasteiger partial charge in [0.25, 0.3) is 0 Å². The predicted molar refractivity (Wildman–Crippen MR) is 31.4 cm³/mol. The van der Waals surface area contributed by atoms with Crippen LogP contribution in [-0.4, -0.2) is 34.1 Å². The summed E-state index contributed by atoms with van der Waals surface area (Å²) >= 11 is 0. The van der Waals surface area contributed by atoms with E-state index in [0.29, 0.717) is 0 Å². The lowest BCUT2D eigenvalue weighted by Crippen LogP contribution is -1.82. The van der Waals surface area contributed by atoms with Crippen molar-refractivity contribution in [2.24, 2.45) is 0 Å². The highest BCUT2D eigenvalue weighted by Gasteiger charge is 1.73. The largest absolute Gasteiger partial charge is 0.478 e. The van der Waals surface area contributed by atoms with Crippen molar-refractivity contribution in [3.63, 3.8) is 0 Å². The highest BCUT2D eigenvalue weighted by molar-refractivity contribution is 5.78. The van der Waals surface area contributed by atoms with E-state index in [0.717, 1.165) is 6.08 Å². The normalized spacial score (nSPS) is 4.57. The van der Waals surface area contributed by atoms with Gasteiger partial charge >= 0.3 is 29.0 Å². The quantitative estimate of drug-likeness (QED) is 0.358. The van der Waals surface area contributed by atoms with E-state index >= 15 is 0 Å². The molecule has 4 N–H and O–H groups in total. The Balaban J connectivity index is -0.0000000800. The molecule has 0 saturated heterocycles. The average Bonchev–Trinajstić information content (AvgIpc) is 1.38. The van der Waals surface area contributed by atoms with Crippen LogP contribution in [0.4, 0.5) is 0 Å². The van der Waals surface area contributed by atoms with Gasteiger partial charge in [-0.05, 0) is 0 Å². The molecule has 40 valence electrons. The van der Waals surface area contributed by atoms with Crippen LogP contribution in [0.15, 0.2) is 12.7 Å². The zero-order chi connectivity index (χ0) is 4.28. The summed E-state index contributed by atoms with van der Waals surface area (Å²) < 4.78 is 0. The van der Waals surface area contributed by atoms with E-state index in [1.807, 2.05) is 0 Å². The lowest BCUT2D eigenvalue weighted by atomic mass is 10.7. The third-order valence-corrected chi connectivity index (χ3v) is 0.175. The van der Waals surface area contributed by atoms with Gasteiger partial charge in [-0.1, -0.05) is 6.58 Å². The van der Waals surface area contributed by atoms with Crippen molar-refractivity contribution >= 4 is 29.0 Å². The number of hydrogen-bond acceptors (Lipinski definition) is 2. The van der Waals surface area contributed by atoms with Crippen molar-refractivity contribution in [1.82, 2.24) is 6.15 Å². The molecule has 0 aromatic heterocycles. The number of aliphatic carboxylic acids is 1. The van der Waals surface area contributed by atoms with Crippen LogP contribution in [0.1, 0.15) is 0 Å². The second-order valence-electron chi connectivity index (χ2n) is 0.542. The lowest BCUT2D eigenvalue weighted by Gasteiger charge is -1.64. The molecule has 0 aromatic rings. The Hall–Kier alpha value is -0.0638. The van der Waals surface area contributed by atoms with E-state index in [1.54, 1.807) is 0 Å². The molecular formula is C3H9MgNO2. The summed E-state index contributed by atoms with van der Waals surface area (Å²) in [6.07, 6.45) is 0.833. The second kappa shape index (κ2) is 9.34. The minimum atomic E-state index is -0.981. The first-order chi connectivity index (χ1) is 2.27. The fraction of sp³-hybridized carbons (Fsp3) is 0. The van der Waals surface area contributed by atoms with Gasteiger partial charge in [0.05, 0.1) is 0 Å². The first-order valence-electron chi connectivity index (χ1n) is 1.12. The number of hydrogen-bond donors (Lipinski definition) is 2. The first kappa shape index (κ1) is 15.8. The van der Waals surface area contributed by atoms with Crippen LogP contribution < -0.4 is 6.15 Å². The highest BCUT2D eigenvalue weighted by atomic mass is 24.3. The summed E-state index contributed by atoms with van der Waals surface area (Å²) in [6.45, 7) is 2.96. The number of carbonyl (C=O) groups is 1. The van der Waals surface area contributed by atoms with Gasteiger partial charge in [0.1, 0.15) is 0 Å². The number of carboxylic acids is 1. The fourth-order valence-electron chi connectivity index (χ4n) is 0. The van der Waals surface area contributed by atoms with E-state index < -0.39 is 5.97 Å². The summed E-state index contributed by atoms with van der Waals surface area (Å²) in [5.74, 6) is -0.981. The topological polar surface area (TPSA) is 72.3 Å². The predicted octanol–water partition coefficient (Wildman–Crippen LogP) is -0.497. The van der Waals surface area contributed by atoms with Crippen molar-refractivity contribution < 1.29 is 9.90 Å². The molecule has 0 saturated carbocycles. The van der Waals surface area contributed by atoms with E-state index in [-0.39, 0.29) is 29.2 Å². The van der Waals surface area contributed by atoms with E-state index in [4.69, 9.17) is 5.11 Å². The van der Waals surface area contributed by atoms with Crippen molar-refractivity contribution in [2.45, 2.75) is 0 Å². The molecule has 4 heteroatoms. The SMILES string of the molecule is C=CC(=O)O.N.[MgH2]. The molecule has 0 amide bonds. The molecule has 0 fully saturated rings. The van der Waals surface area contributed by atoms with E-state index in [9.17, 15) is 4.79 Å².